The second-order valence-electron chi connectivity index (χ2n) is 9.91. The summed E-state index contributed by atoms with van der Waals surface area (Å²) in [6.07, 6.45) is 3.73. The molecule has 0 saturated carbocycles. The van der Waals surface area contributed by atoms with Crippen LogP contribution < -0.4 is 5.32 Å². The third-order valence-corrected chi connectivity index (χ3v) is 7.58. The average molecular weight is 474 g/mol. The highest BCUT2D eigenvalue weighted by molar-refractivity contribution is 5.97. The molecule has 2 aliphatic heterocycles. The van der Waals surface area contributed by atoms with Crippen LogP contribution in [0.1, 0.15) is 58.6 Å². The van der Waals surface area contributed by atoms with Crippen LogP contribution in [-0.4, -0.2) is 73.0 Å². The largest absolute Gasteiger partial charge is 0.339 e. The Balaban J connectivity index is 1.36. The van der Waals surface area contributed by atoms with Crippen molar-refractivity contribution in [3.8, 4) is 6.07 Å². The summed E-state index contributed by atoms with van der Waals surface area (Å²) in [5.41, 5.74) is 4.12. The maximum Gasteiger partial charge on any atom is 0.321 e. The molecule has 0 aromatic heterocycles. The molecule has 2 fully saturated rings. The molecule has 2 aromatic carbocycles. The number of carbonyl (C=O) groups is 2. The van der Waals surface area contributed by atoms with Crippen molar-refractivity contribution >= 4 is 17.6 Å². The number of hydrogen-bond donors (Lipinski definition) is 1. The van der Waals surface area contributed by atoms with Crippen LogP contribution >= 0.6 is 0 Å². The summed E-state index contributed by atoms with van der Waals surface area (Å²) in [6.45, 7) is 5.32. The van der Waals surface area contributed by atoms with Gasteiger partial charge in [0.05, 0.1) is 11.6 Å². The van der Waals surface area contributed by atoms with Crippen molar-refractivity contribution < 1.29 is 9.59 Å². The number of rotatable bonds is 4. The van der Waals surface area contributed by atoms with Gasteiger partial charge >= 0.3 is 6.03 Å². The number of hydrogen-bond acceptors (Lipinski definition) is 4. The van der Waals surface area contributed by atoms with Crippen LogP contribution in [-0.2, 0) is 0 Å². The molecule has 0 aliphatic carbocycles. The minimum Gasteiger partial charge on any atom is -0.339 e. The van der Waals surface area contributed by atoms with Crippen molar-refractivity contribution in [2.45, 2.75) is 44.6 Å². The Hall–Kier alpha value is -3.37. The quantitative estimate of drug-likeness (QED) is 0.712. The number of piperidine rings is 2. The zero-order valence-corrected chi connectivity index (χ0v) is 21.0. The lowest BCUT2D eigenvalue weighted by Gasteiger charge is -2.35. The van der Waals surface area contributed by atoms with E-state index in [9.17, 15) is 9.59 Å². The van der Waals surface area contributed by atoms with E-state index >= 15 is 0 Å². The molecular formula is C28H35N5O2. The van der Waals surface area contributed by atoms with Crippen LogP contribution in [0.2, 0.25) is 0 Å². The van der Waals surface area contributed by atoms with Gasteiger partial charge in [0, 0.05) is 37.4 Å². The number of benzene rings is 2. The first-order chi connectivity index (χ1) is 16.9. The molecule has 35 heavy (non-hydrogen) atoms. The number of urea groups is 1. The predicted molar refractivity (Wildman–Crippen MR) is 138 cm³/mol. The van der Waals surface area contributed by atoms with Gasteiger partial charge in [-0.3, -0.25) is 4.79 Å². The van der Waals surface area contributed by atoms with E-state index in [0.29, 0.717) is 35.8 Å². The van der Waals surface area contributed by atoms with Crippen LogP contribution in [0.4, 0.5) is 10.5 Å². The van der Waals surface area contributed by atoms with Gasteiger partial charge in [0.1, 0.15) is 0 Å². The van der Waals surface area contributed by atoms with Crippen LogP contribution in [0.25, 0.3) is 0 Å². The Morgan fingerprint density at radius 1 is 1.00 bits per heavy atom. The summed E-state index contributed by atoms with van der Waals surface area (Å²) in [4.78, 5) is 32.2. The number of amides is 3. The minimum atomic E-state index is -0.129. The molecule has 2 aromatic rings. The second kappa shape index (κ2) is 10.9. The number of carbonyl (C=O) groups excluding carboxylic acids is 2. The molecule has 2 saturated heterocycles. The Morgan fingerprint density at radius 2 is 1.66 bits per heavy atom. The SMILES string of the molecule is Cc1ccc(C(=O)N2CCC(c3ccc(C#N)cc3)CC2)cc1NC(=O)N(C)C1CCN(C)CC1. The minimum absolute atomic E-state index is 0.00227. The van der Waals surface area contributed by atoms with E-state index in [2.05, 4.69) is 23.3 Å². The van der Waals surface area contributed by atoms with Crippen molar-refractivity contribution in [2.75, 3.05) is 45.6 Å². The smallest absolute Gasteiger partial charge is 0.321 e. The molecule has 0 unspecified atom stereocenters. The molecule has 0 atom stereocenters. The lowest BCUT2D eigenvalue weighted by atomic mass is 9.89. The van der Waals surface area contributed by atoms with Gasteiger partial charge in [-0.25, -0.2) is 4.79 Å². The highest BCUT2D eigenvalue weighted by atomic mass is 16.2. The van der Waals surface area contributed by atoms with Gasteiger partial charge in [0.25, 0.3) is 5.91 Å². The summed E-state index contributed by atoms with van der Waals surface area (Å²) in [7, 11) is 3.96. The molecule has 4 rings (SSSR count). The normalized spacial score (nSPS) is 17.6. The molecule has 0 bridgehead atoms. The zero-order valence-electron chi connectivity index (χ0n) is 21.0. The summed E-state index contributed by atoms with van der Waals surface area (Å²) in [5, 5.41) is 12.0. The van der Waals surface area contributed by atoms with Gasteiger partial charge in [-0.2, -0.15) is 5.26 Å². The summed E-state index contributed by atoms with van der Waals surface area (Å²) in [6, 6.07) is 15.6. The third kappa shape index (κ3) is 5.83. The standard InChI is InChI=1S/C28H35N5O2/c1-20-4-7-24(18-26(20)30-28(35)32(3)25-12-14-31(2)15-13-25)27(34)33-16-10-23(11-17-33)22-8-5-21(19-29)6-9-22/h4-9,18,23,25H,10-17H2,1-3H3,(H,30,35). The van der Waals surface area contributed by atoms with Gasteiger partial charge < -0.3 is 20.0 Å². The average Bonchev–Trinajstić information content (AvgIpc) is 2.89. The van der Waals surface area contributed by atoms with Gasteiger partial charge in [0.15, 0.2) is 0 Å². The number of anilines is 1. The predicted octanol–water partition coefficient (Wildman–Crippen LogP) is 4.44. The van der Waals surface area contributed by atoms with Gasteiger partial charge in [-0.05, 0) is 94.1 Å². The Bertz CT molecular complexity index is 1090. The van der Waals surface area contributed by atoms with Crippen molar-refractivity contribution in [1.29, 1.82) is 5.26 Å². The molecule has 184 valence electrons. The summed E-state index contributed by atoms with van der Waals surface area (Å²) in [5.74, 6) is 0.400. The second-order valence-corrected chi connectivity index (χ2v) is 9.91. The number of nitrogens with one attached hydrogen (secondary N) is 1. The number of aryl methyl sites for hydroxylation is 1. The molecule has 7 heteroatoms. The highest BCUT2D eigenvalue weighted by Crippen LogP contribution is 2.29. The Kier molecular flexibility index (Phi) is 7.72. The highest BCUT2D eigenvalue weighted by Gasteiger charge is 2.26. The molecule has 0 spiro atoms. The van der Waals surface area contributed by atoms with Gasteiger partial charge in [-0.1, -0.05) is 18.2 Å². The van der Waals surface area contributed by atoms with Crippen molar-refractivity contribution in [1.82, 2.24) is 14.7 Å². The van der Waals surface area contributed by atoms with Crippen LogP contribution in [0.3, 0.4) is 0 Å². The van der Waals surface area contributed by atoms with Crippen molar-refractivity contribution in [3.63, 3.8) is 0 Å². The monoisotopic (exact) mass is 473 g/mol. The van der Waals surface area contributed by atoms with E-state index in [4.69, 9.17) is 5.26 Å². The third-order valence-electron chi connectivity index (χ3n) is 7.58. The fraction of sp³-hybridized carbons (Fsp3) is 0.464. The molecule has 7 nitrogen and oxygen atoms in total. The number of likely N-dealkylation sites (tertiary alicyclic amines) is 2. The Labute approximate surface area is 208 Å². The summed E-state index contributed by atoms with van der Waals surface area (Å²) < 4.78 is 0. The fourth-order valence-electron chi connectivity index (χ4n) is 5.07. The molecule has 2 heterocycles. The van der Waals surface area contributed by atoms with E-state index in [1.165, 1.54) is 5.56 Å². The van der Waals surface area contributed by atoms with Crippen LogP contribution in [0, 0.1) is 18.3 Å². The lowest BCUT2D eigenvalue weighted by molar-refractivity contribution is 0.0713. The first kappa shape index (κ1) is 24.7. The van der Waals surface area contributed by atoms with Crippen LogP contribution in [0.15, 0.2) is 42.5 Å². The fourth-order valence-corrected chi connectivity index (χ4v) is 5.07. The first-order valence-corrected chi connectivity index (χ1v) is 12.5. The number of nitriles is 1. The molecule has 1 N–H and O–H groups in total. The summed E-state index contributed by atoms with van der Waals surface area (Å²) >= 11 is 0. The first-order valence-electron chi connectivity index (χ1n) is 12.5. The molecule has 2 aliphatic rings. The Morgan fingerprint density at radius 3 is 2.29 bits per heavy atom. The molecular weight excluding hydrogens is 438 g/mol. The van der Waals surface area contributed by atoms with E-state index < -0.39 is 0 Å². The van der Waals surface area contributed by atoms with E-state index in [0.717, 1.165) is 44.3 Å². The number of nitrogens with zero attached hydrogens (tertiary/aromatic N) is 4. The molecule has 3 amide bonds. The topological polar surface area (TPSA) is 79.7 Å². The van der Waals surface area contributed by atoms with E-state index in [1.54, 1.807) is 4.90 Å². The van der Waals surface area contributed by atoms with Crippen molar-refractivity contribution in [3.05, 3.63) is 64.7 Å². The van der Waals surface area contributed by atoms with Gasteiger partial charge in [-0.15, -0.1) is 0 Å². The maximum absolute atomic E-state index is 13.2. The van der Waals surface area contributed by atoms with E-state index in [1.807, 2.05) is 61.3 Å². The zero-order chi connectivity index (χ0) is 24.9. The van der Waals surface area contributed by atoms with Crippen LogP contribution in [0.5, 0.6) is 0 Å². The maximum atomic E-state index is 13.2. The lowest BCUT2D eigenvalue weighted by Crippen LogP contribution is -2.46. The van der Waals surface area contributed by atoms with E-state index in [-0.39, 0.29) is 18.0 Å². The molecule has 0 radical (unpaired) electrons. The van der Waals surface area contributed by atoms with Crippen molar-refractivity contribution in [2.24, 2.45) is 0 Å². The van der Waals surface area contributed by atoms with Gasteiger partial charge in [0.2, 0.25) is 0 Å².